The van der Waals surface area contributed by atoms with E-state index in [1.54, 1.807) is 18.2 Å². The van der Waals surface area contributed by atoms with Gasteiger partial charge in [0.2, 0.25) is 0 Å². The van der Waals surface area contributed by atoms with Gasteiger partial charge in [-0.25, -0.2) is 4.79 Å². The van der Waals surface area contributed by atoms with Gasteiger partial charge in [0.25, 0.3) is 0 Å². The highest BCUT2D eigenvalue weighted by Crippen LogP contribution is 2.14. The van der Waals surface area contributed by atoms with Gasteiger partial charge in [0.05, 0.1) is 12.2 Å². The standard InChI is InChI=1S/C11H16N2O2/c1-2-3-4-15-11(14)8-5-9(12)7-10(13)6-8/h5-7H,2-4,12-13H2,1H3. The highest BCUT2D eigenvalue weighted by molar-refractivity contribution is 5.91. The van der Waals surface area contributed by atoms with Crippen LogP contribution < -0.4 is 11.5 Å². The highest BCUT2D eigenvalue weighted by atomic mass is 16.5. The number of ether oxygens (including phenoxy) is 1. The van der Waals surface area contributed by atoms with E-state index >= 15 is 0 Å². The number of nitrogens with two attached hydrogens (primary N) is 2. The Balaban J connectivity index is 2.65. The summed E-state index contributed by atoms with van der Waals surface area (Å²) in [4.78, 5) is 11.5. The minimum Gasteiger partial charge on any atom is -0.462 e. The molecule has 0 aromatic heterocycles. The number of carbonyl (C=O) groups is 1. The molecule has 0 saturated heterocycles. The lowest BCUT2D eigenvalue weighted by Gasteiger charge is -2.05. The minimum atomic E-state index is -0.373. The number of esters is 1. The van der Waals surface area contributed by atoms with Crippen LogP contribution in [-0.2, 0) is 4.74 Å². The van der Waals surface area contributed by atoms with Gasteiger partial charge in [0.1, 0.15) is 0 Å². The van der Waals surface area contributed by atoms with E-state index in [1.807, 2.05) is 6.92 Å². The maximum absolute atomic E-state index is 11.5. The van der Waals surface area contributed by atoms with Crippen LogP contribution in [0.5, 0.6) is 0 Å². The van der Waals surface area contributed by atoms with Gasteiger partial charge in [0.15, 0.2) is 0 Å². The average Bonchev–Trinajstić information content (AvgIpc) is 2.16. The Morgan fingerprint density at radius 2 is 1.87 bits per heavy atom. The van der Waals surface area contributed by atoms with Crippen molar-refractivity contribution in [2.45, 2.75) is 19.8 Å². The molecule has 4 N–H and O–H groups in total. The first-order valence-electron chi connectivity index (χ1n) is 4.96. The zero-order valence-electron chi connectivity index (χ0n) is 8.82. The van der Waals surface area contributed by atoms with Gasteiger partial charge in [-0.1, -0.05) is 13.3 Å². The quantitative estimate of drug-likeness (QED) is 0.449. The van der Waals surface area contributed by atoms with Gasteiger partial charge in [-0.05, 0) is 24.6 Å². The van der Waals surface area contributed by atoms with Gasteiger partial charge in [-0.3, -0.25) is 0 Å². The molecule has 4 nitrogen and oxygen atoms in total. The second-order valence-electron chi connectivity index (χ2n) is 3.38. The number of hydrogen-bond donors (Lipinski definition) is 2. The van der Waals surface area contributed by atoms with E-state index in [2.05, 4.69) is 0 Å². The van der Waals surface area contributed by atoms with Crippen LogP contribution in [-0.4, -0.2) is 12.6 Å². The van der Waals surface area contributed by atoms with Crippen molar-refractivity contribution in [3.63, 3.8) is 0 Å². The van der Waals surface area contributed by atoms with Crippen LogP contribution in [0.25, 0.3) is 0 Å². The van der Waals surface area contributed by atoms with Crippen LogP contribution in [0, 0.1) is 0 Å². The molecule has 0 aliphatic heterocycles. The Kier molecular flexibility index (Phi) is 3.97. The Labute approximate surface area is 89.2 Å². The third-order valence-electron chi connectivity index (χ3n) is 1.94. The Bertz CT molecular complexity index is 330. The van der Waals surface area contributed by atoms with E-state index in [4.69, 9.17) is 16.2 Å². The molecule has 15 heavy (non-hydrogen) atoms. The molecule has 4 heteroatoms. The topological polar surface area (TPSA) is 78.3 Å². The average molecular weight is 208 g/mol. The summed E-state index contributed by atoms with van der Waals surface area (Å²) in [7, 11) is 0. The second kappa shape index (κ2) is 5.24. The van der Waals surface area contributed by atoms with Crippen LogP contribution in [0.1, 0.15) is 30.1 Å². The molecule has 1 rings (SSSR count). The molecule has 0 spiro atoms. The molecule has 82 valence electrons. The van der Waals surface area contributed by atoms with Crippen molar-refractivity contribution in [1.29, 1.82) is 0 Å². The fourth-order valence-electron chi connectivity index (χ4n) is 1.19. The zero-order valence-corrected chi connectivity index (χ0v) is 8.82. The molecule has 0 aliphatic rings. The first-order chi connectivity index (χ1) is 7.13. The Hall–Kier alpha value is -1.71. The van der Waals surface area contributed by atoms with Crippen molar-refractivity contribution in [3.05, 3.63) is 23.8 Å². The van der Waals surface area contributed by atoms with Crippen LogP contribution >= 0.6 is 0 Å². The fraction of sp³-hybridized carbons (Fsp3) is 0.364. The maximum Gasteiger partial charge on any atom is 0.338 e. The highest BCUT2D eigenvalue weighted by Gasteiger charge is 2.07. The molecule has 0 bridgehead atoms. The van der Waals surface area contributed by atoms with Crippen molar-refractivity contribution in [3.8, 4) is 0 Å². The number of benzene rings is 1. The van der Waals surface area contributed by atoms with E-state index in [0.717, 1.165) is 12.8 Å². The third kappa shape index (κ3) is 3.50. The lowest BCUT2D eigenvalue weighted by molar-refractivity contribution is 0.0500. The lowest BCUT2D eigenvalue weighted by atomic mass is 10.2. The number of nitrogen functional groups attached to an aromatic ring is 2. The van der Waals surface area contributed by atoms with Crippen molar-refractivity contribution in [2.24, 2.45) is 0 Å². The predicted octanol–water partition coefficient (Wildman–Crippen LogP) is 1.81. The summed E-state index contributed by atoms with van der Waals surface area (Å²) in [5.74, 6) is -0.373. The maximum atomic E-state index is 11.5. The number of hydrogen-bond acceptors (Lipinski definition) is 4. The van der Waals surface area contributed by atoms with E-state index in [1.165, 1.54) is 0 Å². The van der Waals surface area contributed by atoms with E-state index in [-0.39, 0.29) is 5.97 Å². The van der Waals surface area contributed by atoms with Crippen molar-refractivity contribution in [1.82, 2.24) is 0 Å². The number of anilines is 2. The molecule has 0 saturated carbocycles. The minimum absolute atomic E-state index is 0.373. The smallest absolute Gasteiger partial charge is 0.338 e. The van der Waals surface area contributed by atoms with E-state index in [0.29, 0.717) is 23.5 Å². The van der Waals surface area contributed by atoms with Gasteiger partial charge in [-0.2, -0.15) is 0 Å². The number of rotatable bonds is 4. The Morgan fingerprint density at radius 1 is 1.27 bits per heavy atom. The summed E-state index contributed by atoms with van der Waals surface area (Å²) in [6.45, 7) is 2.47. The summed E-state index contributed by atoms with van der Waals surface area (Å²) in [5, 5.41) is 0. The van der Waals surface area contributed by atoms with Crippen molar-refractivity contribution in [2.75, 3.05) is 18.1 Å². The molecule has 0 unspecified atom stereocenters. The van der Waals surface area contributed by atoms with Gasteiger partial charge < -0.3 is 16.2 Å². The molecule has 1 aromatic carbocycles. The molecule has 1 aromatic rings. The molecule has 0 heterocycles. The molecular weight excluding hydrogens is 192 g/mol. The molecule has 0 radical (unpaired) electrons. The SMILES string of the molecule is CCCCOC(=O)c1cc(N)cc(N)c1. The van der Waals surface area contributed by atoms with Gasteiger partial charge >= 0.3 is 5.97 Å². The molecule has 0 aliphatic carbocycles. The van der Waals surface area contributed by atoms with E-state index < -0.39 is 0 Å². The lowest BCUT2D eigenvalue weighted by Crippen LogP contribution is -2.07. The Morgan fingerprint density at radius 3 is 2.40 bits per heavy atom. The number of unbranched alkanes of at least 4 members (excludes halogenated alkanes) is 1. The van der Waals surface area contributed by atoms with Crippen molar-refractivity contribution >= 4 is 17.3 Å². The zero-order chi connectivity index (χ0) is 11.3. The monoisotopic (exact) mass is 208 g/mol. The second-order valence-corrected chi connectivity index (χ2v) is 3.38. The summed E-state index contributed by atoms with van der Waals surface area (Å²) < 4.78 is 5.03. The molecule has 0 amide bonds. The van der Waals surface area contributed by atoms with Crippen molar-refractivity contribution < 1.29 is 9.53 Å². The van der Waals surface area contributed by atoms with E-state index in [9.17, 15) is 4.79 Å². The summed E-state index contributed by atoms with van der Waals surface area (Å²) in [6.07, 6.45) is 1.86. The summed E-state index contributed by atoms with van der Waals surface area (Å²) in [5.41, 5.74) is 12.5. The molecule has 0 fully saturated rings. The fourth-order valence-corrected chi connectivity index (χ4v) is 1.19. The van der Waals surface area contributed by atoms with Crippen LogP contribution in [0.15, 0.2) is 18.2 Å². The normalized spacial score (nSPS) is 9.93. The van der Waals surface area contributed by atoms with Gasteiger partial charge in [0, 0.05) is 11.4 Å². The van der Waals surface area contributed by atoms with Crippen LogP contribution in [0.3, 0.4) is 0 Å². The molecule has 0 atom stereocenters. The first-order valence-corrected chi connectivity index (χ1v) is 4.96. The first kappa shape index (κ1) is 11.4. The predicted molar refractivity (Wildman–Crippen MR) is 60.5 cm³/mol. The van der Waals surface area contributed by atoms with Gasteiger partial charge in [-0.15, -0.1) is 0 Å². The largest absolute Gasteiger partial charge is 0.462 e. The van der Waals surface area contributed by atoms with Crippen LogP contribution in [0.4, 0.5) is 11.4 Å². The van der Waals surface area contributed by atoms with Crippen LogP contribution in [0.2, 0.25) is 0 Å². The third-order valence-corrected chi connectivity index (χ3v) is 1.94. The summed E-state index contributed by atoms with van der Waals surface area (Å²) in [6, 6.07) is 4.72. The summed E-state index contributed by atoms with van der Waals surface area (Å²) >= 11 is 0. The molecular formula is C11H16N2O2. The number of carbonyl (C=O) groups excluding carboxylic acids is 1.